The summed E-state index contributed by atoms with van der Waals surface area (Å²) >= 11 is 0. The molecule has 1 aliphatic rings. The van der Waals surface area contributed by atoms with Gasteiger partial charge < -0.3 is 10.2 Å². The third kappa shape index (κ3) is 2.86. The molecule has 2 aromatic rings. The van der Waals surface area contributed by atoms with Crippen LogP contribution < -0.4 is 5.32 Å². The number of rotatable bonds is 2. The molecule has 0 aromatic heterocycles. The zero-order chi connectivity index (χ0) is 13.1. The van der Waals surface area contributed by atoms with Crippen molar-refractivity contribution in [2.45, 2.75) is 6.04 Å². The molecule has 0 bridgehead atoms. The summed E-state index contributed by atoms with van der Waals surface area (Å²) in [6, 6.07) is 19.9. The number of hydrogen-bond donors (Lipinski definition) is 1. The number of hydrogen-bond acceptors (Lipinski definition) is 2. The molecule has 1 unspecified atom stereocenters. The molecule has 0 spiro atoms. The Morgan fingerprint density at radius 1 is 0.947 bits per heavy atom. The predicted molar refractivity (Wildman–Crippen MR) is 80.1 cm³/mol. The standard InChI is InChI=1S/C17H20N2/c1-19-12-11-18-17(13-19)16-9-7-15(8-10-16)14-5-3-2-4-6-14/h2-10,17-18H,11-13H2,1H3. The molecule has 2 aromatic carbocycles. The van der Waals surface area contributed by atoms with Gasteiger partial charge in [-0.05, 0) is 23.7 Å². The first-order chi connectivity index (χ1) is 9.33. The van der Waals surface area contributed by atoms with Gasteiger partial charge in [-0.15, -0.1) is 0 Å². The number of benzene rings is 2. The third-order valence-electron chi connectivity index (χ3n) is 3.80. The molecule has 0 amide bonds. The first-order valence-corrected chi connectivity index (χ1v) is 6.90. The van der Waals surface area contributed by atoms with E-state index >= 15 is 0 Å². The minimum Gasteiger partial charge on any atom is -0.308 e. The molecule has 0 saturated carbocycles. The van der Waals surface area contributed by atoms with Gasteiger partial charge in [0, 0.05) is 25.7 Å². The first kappa shape index (κ1) is 12.4. The summed E-state index contributed by atoms with van der Waals surface area (Å²) in [4.78, 5) is 2.38. The van der Waals surface area contributed by atoms with Crippen LogP contribution in [0, 0.1) is 0 Å². The van der Waals surface area contributed by atoms with E-state index in [1.807, 2.05) is 0 Å². The second-order valence-electron chi connectivity index (χ2n) is 5.26. The van der Waals surface area contributed by atoms with Crippen LogP contribution in [0.4, 0.5) is 0 Å². The Morgan fingerprint density at radius 2 is 1.63 bits per heavy atom. The topological polar surface area (TPSA) is 15.3 Å². The summed E-state index contributed by atoms with van der Waals surface area (Å²) < 4.78 is 0. The van der Waals surface area contributed by atoms with E-state index in [1.54, 1.807) is 0 Å². The number of piperazine rings is 1. The lowest BCUT2D eigenvalue weighted by Gasteiger charge is -2.31. The van der Waals surface area contributed by atoms with Gasteiger partial charge in [0.2, 0.25) is 0 Å². The van der Waals surface area contributed by atoms with Crippen LogP contribution in [-0.2, 0) is 0 Å². The molecule has 1 heterocycles. The van der Waals surface area contributed by atoms with Gasteiger partial charge in [-0.2, -0.15) is 0 Å². The molecule has 3 rings (SSSR count). The first-order valence-electron chi connectivity index (χ1n) is 6.90. The van der Waals surface area contributed by atoms with Gasteiger partial charge in [-0.25, -0.2) is 0 Å². The van der Waals surface area contributed by atoms with E-state index < -0.39 is 0 Å². The van der Waals surface area contributed by atoms with Gasteiger partial charge in [0.25, 0.3) is 0 Å². The molecular weight excluding hydrogens is 232 g/mol. The Balaban J connectivity index is 1.79. The maximum atomic E-state index is 3.58. The van der Waals surface area contributed by atoms with Gasteiger partial charge in [-0.3, -0.25) is 0 Å². The van der Waals surface area contributed by atoms with Gasteiger partial charge in [0.05, 0.1) is 0 Å². The molecule has 0 aliphatic carbocycles. The van der Waals surface area contributed by atoms with Crippen LogP contribution in [0.2, 0.25) is 0 Å². The van der Waals surface area contributed by atoms with Crippen LogP contribution in [0.15, 0.2) is 54.6 Å². The number of nitrogens with one attached hydrogen (secondary N) is 1. The SMILES string of the molecule is CN1CCNC(c2ccc(-c3ccccc3)cc2)C1. The Kier molecular flexibility index (Phi) is 3.62. The van der Waals surface area contributed by atoms with E-state index in [9.17, 15) is 0 Å². The second-order valence-corrected chi connectivity index (χ2v) is 5.26. The van der Waals surface area contributed by atoms with Crippen LogP contribution in [0.3, 0.4) is 0 Å². The van der Waals surface area contributed by atoms with Crippen molar-refractivity contribution in [2.75, 3.05) is 26.7 Å². The third-order valence-corrected chi connectivity index (χ3v) is 3.80. The van der Waals surface area contributed by atoms with E-state index in [2.05, 4.69) is 71.9 Å². The minimum atomic E-state index is 0.462. The molecular formula is C17H20N2. The zero-order valence-electron chi connectivity index (χ0n) is 11.3. The molecule has 1 atom stereocenters. The van der Waals surface area contributed by atoms with E-state index in [0.29, 0.717) is 6.04 Å². The summed E-state index contributed by atoms with van der Waals surface area (Å²) in [6.07, 6.45) is 0. The highest BCUT2D eigenvalue weighted by molar-refractivity contribution is 5.63. The smallest absolute Gasteiger partial charge is 0.0449 e. The van der Waals surface area contributed by atoms with Crippen molar-refractivity contribution >= 4 is 0 Å². The van der Waals surface area contributed by atoms with Crippen molar-refractivity contribution in [1.29, 1.82) is 0 Å². The lowest BCUT2D eigenvalue weighted by molar-refractivity contribution is 0.241. The number of likely N-dealkylation sites (N-methyl/N-ethyl adjacent to an activating group) is 1. The molecule has 1 N–H and O–H groups in total. The summed E-state index contributed by atoms with van der Waals surface area (Å²) in [5, 5.41) is 3.58. The summed E-state index contributed by atoms with van der Waals surface area (Å²) in [5.74, 6) is 0. The highest BCUT2D eigenvalue weighted by Crippen LogP contribution is 2.22. The maximum Gasteiger partial charge on any atom is 0.0449 e. The van der Waals surface area contributed by atoms with Gasteiger partial charge in [-0.1, -0.05) is 54.6 Å². The predicted octanol–water partition coefficient (Wildman–Crippen LogP) is 2.93. The Hall–Kier alpha value is -1.64. The molecule has 1 fully saturated rings. The van der Waals surface area contributed by atoms with Crippen molar-refractivity contribution in [3.8, 4) is 11.1 Å². The van der Waals surface area contributed by atoms with Gasteiger partial charge >= 0.3 is 0 Å². The van der Waals surface area contributed by atoms with Crippen LogP contribution >= 0.6 is 0 Å². The largest absolute Gasteiger partial charge is 0.308 e. The van der Waals surface area contributed by atoms with Gasteiger partial charge in [0.1, 0.15) is 0 Å². The highest BCUT2D eigenvalue weighted by atomic mass is 15.2. The molecule has 0 radical (unpaired) electrons. The van der Waals surface area contributed by atoms with Crippen LogP contribution in [0.1, 0.15) is 11.6 Å². The minimum absolute atomic E-state index is 0.462. The van der Waals surface area contributed by atoms with Crippen molar-refractivity contribution in [3.63, 3.8) is 0 Å². The summed E-state index contributed by atoms with van der Waals surface area (Å²) in [7, 11) is 2.19. The lowest BCUT2D eigenvalue weighted by atomic mass is 10.00. The van der Waals surface area contributed by atoms with E-state index in [-0.39, 0.29) is 0 Å². The molecule has 1 saturated heterocycles. The van der Waals surface area contributed by atoms with Crippen LogP contribution in [0.5, 0.6) is 0 Å². The molecule has 19 heavy (non-hydrogen) atoms. The second kappa shape index (κ2) is 5.55. The molecule has 2 heteroatoms. The van der Waals surface area contributed by atoms with Crippen molar-refractivity contribution in [3.05, 3.63) is 60.2 Å². The Bertz CT molecular complexity index is 519. The molecule has 2 nitrogen and oxygen atoms in total. The van der Waals surface area contributed by atoms with Crippen molar-refractivity contribution < 1.29 is 0 Å². The maximum absolute atomic E-state index is 3.58. The van der Waals surface area contributed by atoms with Gasteiger partial charge in [0.15, 0.2) is 0 Å². The zero-order valence-corrected chi connectivity index (χ0v) is 11.3. The van der Waals surface area contributed by atoms with E-state index in [1.165, 1.54) is 16.7 Å². The number of nitrogens with zero attached hydrogens (tertiary/aromatic N) is 1. The fraction of sp³-hybridized carbons (Fsp3) is 0.294. The lowest BCUT2D eigenvalue weighted by Crippen LogP contribution is -2.43. The Labute approximate surface area is 115 Å². The Morgan fingerprint density at radius 3 is 2.32 bits per heavy atom. The average Bonchev–Trinajstić information content (AvgIpc) is 2.48. The van der Waals surface area contributed by atoms with Crippen LogP contribution in [-0.4, -0.2) is 31.6 Å². The highest BCUT2D eigenvalue weighted by Gasteiger charge is 2.17. The normalized spacial score (nSPS) is 20.4. The van der Waals surface area contributed by atoms with Crippen molar-refractivity contribution in [1.82, 2.24) is 10.2 Å². The fourth-order valence-electron chi connectivity index (χ4n) is 2.66. The molecule has 1 aliphatic heterocycles. The summed E-state index contributed by atoms with van der Waals surface area (Å²) in [5.41, 5.74) is 3.95. The van der Waals surface area contributed by atoms with E-state index in [0.717, 1.165) is 19.6 Å². The monoisotopic (exact) mass is 252 g/mol. The molecule has 98 valence electrons. The fourth-order valence-corrected chi connectivity index (χ4v) is 2.66. The summed E-state index contributed by atoms with van der Waals surface area (Å²) in [6.45, 7) is 3.30. The van der Waals surface area contributed by atoms with E-state index in [4.69, 9.17) is 0 Å². The van der Waals surface area contributed by atoms with Crippen LogP contribution in [0.25, 0.3) is 11.1 Å². The van der Waals surface area contributed by atoms with Crippen molar-refractivity contribution in [2.24, 2.45) is 0 Å². The quantitative estimate of drug-likeness (QED) is 0.884. The average molecular weight is 252 g/mol.